The van der Waals surface area contributed by atoms with Crippen molar-refractivity contribution in [3.8, 4) is 5.75 Å². The van der Waals surface area contributed by atoms with Crippen molar-refractivity contribution in [1.29, 1.82) is 0 Å². The minimum absolute atomic E-state index is 0.147. The molecule has 0 unspecified atom stereocenters. The molecule has 9 heteroatoms. The number of fused-ring (bicyclic) bond motifs is 1. The van der Waals surface area contributed by atoms with Gasteiger partial charge in [0.2, 0.25) is 0 Å². The van der Waals surface area contributed by atoms with Crippen LogP contribution in [0.15, 0.2) is 42.6 Å². The predicted octanol–water partition coefficient (Wildman–Crippen LogP) is 2.87. The van der Waals surface area contributed by atoms with Crippen molar-refractivity contribution in [2.24, 2.45) is 0 Å². The van der Waals surface area contributed by atoms with E-state index in [1.807, 2.05) is 19.1 Å². The third-order valence-corrected chi connectivity index (χ3v) is 3.48. The van der Waals surface area contributed by atoms with Crippen molar-refractivity contribution >= 4 is 11.4 Å². The topological polar surface area (TPSA) is 68.5 Å². The SMILES string of the molecule is Cc1cccn2nnc(CNC(=O)c3ccc(OC(F)(F)F)cc3)c12. The molecule has 2 heterocycles. The van der Waals surface area contributed by atoms with Gasteiger partial charge in [0.15, 0.2) is 0 Å². The third kappa shape index (κ3) is 3.87. The van der Waals surface area contributed by atoms with Crippen LogP contribution in [0.3, 0.4) is 0 Å². The summed E-state index contributed by atoms with van der Waals surface area (Å²) in [6.07, 6.45) is -3.02. The first-order valence-corrected chi connectivity index (χ1v) is 7.27. The number of benzene rings is 1. The monoisotopic (exact) mass is 350 g/mol. The first kappa shape index (κ1) is 16.7. The van der Waals surface area contributed by atoms with Crippen molar-refractivity contribution in [2.75, 3.05) is 0 Å². The van der Waals surface area contributed by atoms with Gasteiger partial charge < -0.3 is 10.1 Å². The summed E-state index contributed by atoms with van der Waals surface area (Å²) in [7, 11) is 0. The van der Waals surface area contributed by atoms with Gasteiger partial charge in [0.05, 0.1) is 12.1 Å². The number of amides is 1. The van der Waals surface area contributed by atoms with Crippen LogP contribution in [-0.4, -0.2) is 27.1 Å². The van der Waals surface area contributed by atoms with Crippen molar-refractivity contribution < 1.29 is 22.7 Å². The molecule has 3 rings (SSSR count). The number of aryl methyl sites for hydroxylation is 1. The van der Waals surface area contributed by atoms with E-state index in [2.05, 4.69) is 20.4 Å². The largest absolute Gasteiger partial charge is 0.573 e. The normalized spacial score (nSPS) is 11.5. The Hall–Kier alpha value is -3.10. The number of halogens is 3. The zero-order valence-corrected chi connectivity index (χ0v) is 13.0. The summed E-state index contributed by atoms with van der Waals surface area (Å²) < 4.78 is 41.7. The number of aromatic nitrogens is 3. The summed E-state index contributed by atoms with van der Waals surface area (Å²) in [5.41, 5.74) is 2.58. The Bertz CT molecular complexity index is 904. The molecule has 2 aromatic heterocycles. The number of carbonyl (C=O) groups is 1. The van der Waals surface area contributed by atoms with E-state index in [1.54, 1.807) is 10.7 Å². The molecule has 0 bridgehead atoms. The number of alkyl halides is 3. The van der Waals surface area contributed by atoms with Gasteiger partial charge in [0.25, 0.3) is 5.91 Å². The lowest BCUT2D eigenvalue weighted by molar-refractivity contribution is -0.274. The molecule has 0 atom stereocenters. The number of pyridine rings is 1. The lowest BCUT2D eigenvalue weighted by Gasteiger charge is -2.09. The molecule has 6 nitrogen and oxygen atoms in total. The van der Waals surface area contributed by atoms with Crippen molar-refractivity contribution in [3.63, 3.8) is 0 Å². The van der Waals surface area contributed by atoms with Gasteiger partial charge in [0, 0.05) is 11.8 Å². The summed E-state index contributed by atoms with van der Waals surface area (Å²) in [5, 5.41) is 10.7. The molecule has 25 heavy (non-hydrogen) atoms. The van der Waals surface area contributed by atoms with E-state index in [4.69, 9.17) is 0 Å². The number of carbonyl (C=O) groups excluding carboxylic acids is 1. The maximum absolute atomic E-state index is 12.1. The lowest BCUT2D eigenvalue weighted by atomic mass is 10.2. The van der Waals surface area contributed by atoms with Crippen LogP contribution in [0, 0.1) is 6.92 Å². The van der Waals surface area contributed by atoms with Gasteiger partial charge in [-0.2, -0.15) is 0 Å². The molecule has 0 saturated heterocycles. The van der Waals surface area contributed by atoms with Crippen molar-refractivity contribution in [1.82, 2.24) is 20.1 Å². The molecule has 0 saturated carbocycles. The van der Waals surface area contributed by atoms with Crippen molar-refractivity contribution in [2.45, 2.75) is 19.8 Å². The van der Waals surface area contributed by atoms with Crippen LogP contribution in [0.5, 0.6) is 5.75 Å². The summed E-state index contributed by atoms with van der Waals surface area (Å²) in [6.45, 7) is 2.05. The fourth-order valence-corrected chi connectivity index (χ4v) is 2.38. The molecule has 0 fully saturated rings. The average Bonchev–Trinajstić information content (AvgIpc) is 2.96. The Balaban J connectivity index is 1.68. The zero-order chi connectivity index (χ0) is 18.0. The number of ether oxygens (including phenoxy) is 1. The molecule has 1 N–H and O–H groups in total. The number of nitrogens with zero attached hydrogens (tertiary/aromatic N) is 3. The van der Waals surface area contributed by atoms with Gasteiger partial charge in [-0.15, -0.1) is 18.3 Å². The van der Waals surface area contributed by atoms with Gasteiger partial charge in [-0.25, -0.2) is 4.52 Å². The zero-order valence-electron chi connectivity index (χ0n) is 13.0. The molecule has 0 aliphatic rings. The highest BCUT2D eigenvalue weighted by atomic mass is 19.4. The molecule has 130 valence electrons. The number of hydrogen-bond donors (Lipinski definition) is 1. The molecule has 0 radical (unpaired) electrons. The van der Waals surface area contributed by atoms with Crippen LogP contribution in [0.2, 0.25) is 0 Å². The summed E-state index contributed by atoms with van der Waals surface area (Å²) in [6, 6.07) is 8.42. The molecule has 0 aliphatic carbocycles. The van der Waals surface area contributed by atoms with Crippen LogP contribution < -0.4 is 10.1 Å². The summed E-state index contributed by atoms with van der Waals surface area (Å²) in [5.74, 6) is -0.822. The maximum Gasteiger partial charge on any atom is 0.573 e. The fourth-order valence-electron chi connectivity index (χ4n) is 2.38. The second-order valence-corrected chi connectivity index (χ2v) is 5.28. The van der Waals surface area contributed by atoms with Crippen LogP contribution in [-0.2, 0) is 6.54 Å². The van der Waals surface area contributed by atoms with E-state index in [9.17, 15) is 18.0 Å². The van der Waals surface area contributed by atoms with Gasteiger partial charge in [-0.1, -0.05) is 11.3 Å². The molecular weight excluding hydrogens is 337 g/mol. The minimum atomic E-state index is -4.77. The molecule has 0 aliphatic heterocycles. The molecule has 1 amide bonds. The highest BCUT2D eigenvalue weighted by Gasteiger charge is 2.31. The van der Waals surface area contributed by atoms with Crippen LogP contribution in [0.25, 0.3) is 5.52 Å². The Kier molecular flexibility index (Phi) is 4.30. The second-order valence-electron chi connectivity index (χ2n) is 5.28. The molecule has 0 spiro atoms. The Labute approximate surface area is 140 Å². The minimum Gasteiger partial charge on any atom is -0.406 e. The second kappa shape index (κ2) is 6.42. The quantitative estimate of drug-likeness (QED) is 0.786. The first-order chi connectivity index (χ1) is 11.8. The van der Waals surface area contributed by atoms with Crippen LogP contribution in [0.1, 0.15) is 21.6 Å². The smallest absolute Gasteiger partial charge is 0.406 e. The highest BCUT2D eigenvalue weighted by molar-refractivity contribution is 5.94. The molecular formula is C16H13F3N4O2. The standard InChI is InChI=1S/C16H13F3N4O2/c1-10-3-2-8-23-14(10)13(21-22-23)9-20-15(24)11-4-6-12(7-5-11)25-16(17,18)19/h2-8H,9H2,1H3,(H,20,24). The first-order valence-electron chi connectivity index (χ1n) is 7.27. The van der Waals surface area contributed by atoms with Crippen LogP contribution >= 0.6 is 0 Å². The number of rotatable bonds is 4. The van der Waals surface area contributed by atoms with E-state index in [0.29, 0.717) is 5.69 Å². The predicted molar refractivity (Wildman–Crippen MR) is 82.0 cm³/mol. The number of hydrogen-bond acceptors (Lipinski definition) is 4. The third-order valence-electron chi connectivity index (χ3n) is 3.48. The Morgan fingerprint density at radius 3 is 2.64 bits per heavy atom. The molecule has 3 aromatic rings. The van der Waals surface area contributed by atoms with Crippen LogP contribution in [0.4, 0.5) is 13.2 Å². The van der Waals surface area contributed by atoms with Gasteiger partial charge in [-0.3, -0.25) is 4.79 Å². The van der Waals surface area contributed by atoms with E-state index in [1.165, 1.54) is 12.1 Å². The van der Waals surface area contributed by atoms with E-state index in [0.717, 1.165) is 23.2 Å². The number of nitrogens with one attached hydrogen (secondary N) is 1. The van der Waals surface area contributed by atoms with Gasteiger partial charge in [-0.05, 0) is 42.8 Å². The Morgan fingerprint density at radius 2 is 1.96 bits per heavy atom. The van der Waals surface area contributed by atoms with Gasteiger partial charge in [0.1, 0.15) is 11.4 Å². The van der Waals surface area contributed by atoms with Gasteiger partial charge >= 0.3 is 6.36 Å². The average molecular weight is 350 g/mol. The van der Waals surface area contributed by atoms with Crippen molar-refractivity contribution in [3.05, 3.63) is 59.4 Å². The lowest BCUT2D eigenvalue weighted by Crippen LogP contribution is -2.23. The fraction of sp³-hybridized carbons (Fsp3) is 0.188. The van der Waals surface area contributed by atoms with E-state index in [-0.39, 0.29) is 17.9 Å². The summed E-state index contributed by atoms with van der Waals surface area (Å²) >= 11 is 0. The maximum atomic E-state index is 12.1. The molecule has 1 aromatic carbocycles. The summed E-state index contributed by atoms with van der Waals surface area (Å²) in [4.78, 5) is 12.1. The highest BCUT2D eigenvalue weighted by Crippen LogP contribution is 2.22. The van der Waals surface area contributed by atoms with E-state index < -0.39 is 12.3 Å². The Morgan fingerprint density at radius 1 is 1.24 bits per heavy atom. The van der Waals surface area contributed by atoms with E-state index >= 15 is 0 Å².